The molecule has 1 atom stereocenters. The number of fused-ring (bicyclic) bond motifs is 4. The zero-order valence-electron chi connectivity index (χ0n) is 14.1. The van der Waals surface area contributed by atoms with Crippen molar-refractivity contribution in [2.45, 2.75) is 12.8 Å². The molecule has 0 spiro atoms. The lowest BCUT2D eigenvalue weighted by Gasteiger charge is -2.16. The van der Waals surface area contributed by atoms with Crippen LogP contribution in [0.5, 0.6) is 17.2 Å². The third-order valence-electron chi connectivity index (χ3n) is 4.96. The molecule has 4 rings (SSSR count). The fraction of sp³-hybridized carbons (Fsp3) is 0.200. The van der Waals surface area contributed by atoms with Crippen molar-refractivity contribution in [1.29, 1.82) is 0 Å². The molecular weight excluding hydrogens is 356 g/mol. The minimum atomic E-state index is 0.121. The molecular formula is C20H17ClO3S. The van der Waals surface area contributed by atoms with Gasteiger partial charge in [-0.25, -0.2) is 0 Å². The Bertz CT molecular complexity index is 1000. The van der Waals surface area contributed by atoms with Crippen LogP contribution in [-0.2, 0) is 0 Å². The van der Waals surface area contributed by atoms with Crippen molar-refractivity contribution >= 4 is 35.3 Å². The van der Waals surface area contributed by atoms with Gasteiger partial charge in [-0.2, -0.15) is 0 Å². The van der Waals surface area contributed by atoms with Gasteiger partial charge >= 0.3 is 0 Å². The molecule has 1 aliphatic rings. The van der Waals surface area contributed by atoms with Crippen LogP contribution in [0.2, 0.25) is 5.02 Å². The Morgan fingerprint density at radius 1 is 0.960 bits per heavy atom. The van der Waals surface area contributed by atoms with Gasteiger partial charge in [0.05, 0.1) is 19.2 Å². The van der Waals surface area contributed by atoms with E-state index in [4.69, 9.17) is 25.3 Å². The molecule has 3 aromatic carbocycles. The normalized spacial score (nSPS) is 15.0. The number of hydrogen-bond acceptors (Lipinski definition) is 4. The van der Waals surface area contributed by atoms with Crippen LogP contribution >= 0.6 is 24.5 Å². The van der Waals surface area contributed by atoms with Gasteiger partial charge in [0.25, 0.3) is 0 Å². The van der Waals surface area contributed by atoms with Crippen LogP contribution in [0.15, 0.2) is 36.4 Å². The highest BCUT2D eigenvalue weighted by Gasteiger charge is 2.33. The van der Waals surface area contributed by atoms with E-state index in [1.807, 2.05) is 24.3 Å². The first-order valence-electron chi connectivity index (χ1n) is 7.93. The van der Waals surface area contributed by atoms with E-state index in [1.165, 1.54) is 5.56 Å². The highest BCUT2D eigenvalue weighted by Crippen LogP contribution is 2.55. The van der Waals surface area contributed by atoms with E-state index in [2.05, 4.69) is 32.0 Å². The molecule has 0 amide bonds. The van der Waals surface area contributed by atoms with Gasteiger partial charge in [0.2, 0.25) is 0 Å². The summed E-state index contributed by atoms with van der Waals surface area (Å²) >= 11 is 11.0. The van der Waals surface area contributed by atoms with Crippen molar-refractivity contribution in [3.05, 3.63) is 52.5 Å². The first-order chi connectivity index (χ1) is 12.1. The summed E-state index contributed by atoms with van der Waals surface area (Å²) in [7, 11) is 3.31. The van der Waals surface area contributed by atoms with Gasteiger partial charge in [-0.05, 0) is 41.5 Å². The maximum atomic E-state index is 6.83. The van der Waals surface area contributed by atoms with E-state index in [9.17, 15) is 0 Å². The fourth-order valence-electron chi connectivity index (χ4n) is 3.73. The third-order valence-corrected chi connectivity index (χ3v) is 5.54. The van der Waals surface area contributed by atoms with Gasteiger partial charge in [0.1, 0.15) is 17.2 Å². The topological polar surface area (TPSA) is 27.7 Å². The highest BCUT2D eigenvalue weighted by molar-refractivity contribution is 7.75. The van der Waals surface area contributed by atoms with E-state index in [0.717, 1.165) is 49.7 Å². The summed E-state index contributed by atoms with van der Waals surface area (Å²) in [6, 6.07) is 11.9. The predicted molar refractivity (Wildman–Crippen MR) is 105 cm³/mol. The van der Waals surface area contributed by atoms with E-state index in [-0.39, 0.29) is 5.92 Å². The Morgan fingerprint density at radius 2 is 1.64 bits per heavy atom. The molecule has 25 heavy (non-hydrogen) atoms. The first-order valence-corrected chi connectivity index (χ1v) is 8.67. The molecule has 0 aromatic heterocycles. The summed E-state index contributed by atoms with van der Waals surface area (Å²) in [5.74, 6) is 2.42. The number of benzene rings is 3. The van der Waals surface area contributed by atoms with E-state index in [0.29, 0.717) is 0 Å². The number of ether oxygens (including phenoxy) is 2. The van der Waals surface area contributed by atoms with E-state index in [1.54, 1.807) is 14.2 Å². The third kappa shape index (κ3) is 2.28. The van der Waals surface area contributed by atoms with Crippen molar-refractivity contribution in [2.75, 3.05) is 14.2 Å². The van der Waals surface area contributed by atoms with Crippen LogP contribution < -0.4 is 13.7 Å². The lowest BCUT2D eigenvalue weighted by Crippen LogP contribution is -1.95. The van der Waals surface area contributed by atoms with Gasteiger partial charge in [-0.1, -0.05) is 24.6 Å². The van der Waals surface area contributed by atoms with E-state index >= 15 is 0 Å². The van der Waals surface area contributed by atoms with Crippen LogP contribution in [0.4, 0.5) is 0 Å². The number of rotatable bonds is 3. The molecule has 0 radical (unpaired) electrons. The monoisotopic (exact) mass is 372 g/mol. The van der Waals surface area contributed by atoms with Crippen molar-refractivity contribution in [2.24, 2.45) is 0 Å². The summed E-state index contributed by atoms with van der Waals surface area (Å²) in [6.45, 7) is 2.14. The van der Waals surface area contributed by atoms with Crippen LogP contribution in [0, 0.1) is 0 Å². The van der Waals surface area contributed by atoms with Gasteiger partial charge < -0.3 is 13.7 Å². The summed E-state index contributed by atoms with van der Waals surface area (Å²) in [5.41, 5.74) is 4.33. The molecule has 3 nitrogen and oxygen atoms in total. The summed E-state index contributed by atoms with van der Waals surface area (Å²) in [4.78, 5) is 0. The lowest BCUT2D eigenvalue weighted by molar-refractivity contribution is 0.414. The Hall–Kier alpha value is -2.04. The first kappa shape index (κ1) is 16.4. The van der Waals surface area contributed by atoms with Crippen molar-refractivity contribution in [3.8, 4) is 28.4 Å². The largest absolute Gasteiger partial charge is 0.497 e. The second-order valence-corrected chi connectivity index (χ2v) is 6.67. The molecule has 0 heterocycles. The van der Waals surface area contributed by atoms with Crippen molar-refractivity contribution < 1.29 is 13.7 Å². The second kappa shape index (κ2) is 6.04. The molecule has 0 N–H and O–H groups in total. The molecule has 0 fully saturated rings. The van der Waals surface area contributed by atoms with Crippen LogP contribution in [0.3, 0.4) is 0 Å². The van der Waals surface area contributed by atoms with Crippen molar-refractivity contribution in [1.82, 2.24) is 0 Å². The smallest absolute Gasteiger partial charge is 0.149 e. The van der Waals surface area contributed by atoms with Gasteiger partial charge in [-0.3, -0.25) is 0 Å². The average molecular weight is 373 g/mol. The summed E-state index contributed by atoms with van der Waals surface area (Å²) in [6.07, 6.45) is 0. The van der Waals surface area contributed by atoms with Crippen LogP contribution in [0.25, 0.3) is 21.9 Å². The second-order valence-electron chi connectivity index (χ2n) is 6.11. The maximum absolute atomic E-state index is 6.83. The van der Waals surface area contributed by atoms with Gasteiger partial charge in [0.15, 0.2) is 0 Å². The van der Waals surface area contributed by atoms with Crippen LogP contribution in [0.1, 0.15) is 24.0 Å². The van der Waals surface area contributed by atoms with Gasteiger partial charge in [0, 0.05) is 40.7 Å². The fourth-order valence-corrected chi connectivity index (χ4v) is 4.29. The molecule has 0 bridgehead atoms. The average Bonchev–Trinajstić information content (AvgIpc) is 2.94. The summed E-state index contributed by atoms with van der Waals surface area (Å²) in [5, 5.41) is 2.53. The van der Waals surface area contributed by atoms with Crippen LogP contribution in [-0.4, -0.2) is 14.2 Å². The predicted octanol–water partition coefficient (Wildman–Crippen LogP) is 5.87. The SMILES string of the molecule is COc1ccc2c(c1)C(C)c1c-2c(Cl)c2ccc(OC)cc2c1OS. The number of methoxy groups -OCH3 is 2. The van der Waals surface area contributed by atoms with E-state index < -0.39 is 0 Å². The Kier molecular flexibility index (Phi) is 3.97. The molecule has 0 aliphatic heterocycles. The number of thiol groups is 1. The molecule has 1 unspecified atom stereocenters. The molecule has 1 aliphatic carbocycles. The minimum Gasteiger partial charge on any atom is -0.497 e. The zero-order valence-corrected chi connectivity index (χ0v) is 15.7. The quantitative estimate of drug-likeness (QED) is 0.460. The van der Waals surface area contributed by atoms with Crippen molar-refractivity contribution in [3.63, 3.8) is 0 Å². The number of halogens is 1. The zero-order chi connectivity index (χ0) is 17.7. The molecule has 128 valence electrons. The minimum absolute atomic E-state index is 0.121. The molecule has 3 aromatic rings. The lowest BCUT2D eigenvalue weighted by atomic mass is 9.95. The molecule has 5 heteroatoms. The Labute approximate surface area is 157 Å². The van der Waals surface area contributed by atoms with Gasteiger partial charge in [-0.15, -0.1) is 0 Å². The Morgan fingerprint density at radius 3 is 2.32 bits per heavy atom. The molecule has 0 saturated carbocycles. The Balaban J connectivity index is 2.10. The molecule has 0 saturated heterocycles. The highest BCUT2D eigenvalue weighted by atomic mass is 35.5. The number of hydrogen-bond donors (Lipinski definition) is 1. The standard InChI is InChI=1S/C20H17ClO3S/c1-10-15-8-11(22-2)4-6-13(15)18-17(10)20(24-25)16-9-12(23-3)5-7-14(16)19(18)21/h4-10,25H,1-3H3. The summed E-state index contributed by atoms with van der Waals surface area (Å²) < 4.78 is 16.3. The maximum Gasteiger partial charge on any atom is 0.149 e.